The molecule has 7 heteroatoms. The van der Waals surface area contributed by atoms with Crippen molar-refractivity contribution in [2.45, 2.75) is 35.6 Å². The second kappa shape index (κ2) is 5.31. The van der Waals surface area contributed by atoms with E-state index in [2.05, 4.69) is 0 Å². The Balaban J connectivity index is 1.79. The summed E-state index contributed by atoms with van der Waals surface area (Å²) in [6.45, 7) is 1.90. The van der Waals surface area contributed by atoms with E-state index in [1.54, 1.807) is 43.1 Å². The largest absolute Gasteiger partial charge is 0.355 e. The third-order valence-electron chi connectivity index (χ3n) is 3.50. The molecular weight excluding hydrogens is 300 g/mol. The minimum atomic E-state index is -3.77. The van der Waals surface area contributed by atoms with E-state index in [0.717, 1.165) is 11.3 Å². The standard InChI is InChI=1S/C13H16O5S2/c1-8-3-5-9(6-4-8)20(14,15)18-11-10-7-19-12(11)13(16-2)17-10/h3-6,10-13H,7H2,1-2H3. The summed E-state index contributed by atoms with van der Waals surface area (Å²) in [6.07, 6.45) is -1.09. The van der Waals surface area contributed by atoms with Crippen LogP contribution in [0.1, 0.15) is 5.56 Å². The first-order valence-electron chi connectivity index (χ1n) is 6.31. The first-order valence-corrected chi connectivity index (χ1v) is 8.77. The lowest BCUT2D eigenvalue weighted by molar-refractivity contribution is -0.112. The molecule has 4 atom stereocenters. The zero-order valence-corrected chi connectivity index (χ0v) is 12.8. The van der Waals surface area contributed by atoms with Crippen LogP contribution >= 0.6 is 11.8 Å². The fraction of sp³-hybridized carbons (Fsp3) is 0.538. The van der Waals surface area contributed by atoms with Crippen molar-refractivity contribution in [3.05, 3.63) is 29.8 Å². The molecule has 5 nitrogen and oxygen atoms in total. The summed E-state index contributed by atoms with van der Waals surface area (Å²) in [5.74, 6) is 0.735. The molecule has 0 saturated carbocycles. The molecule has 2 fully saturated rings. The van der Waals surface area contributed by atoms with Gasteiger partial charge in [0.15, 0.2) is 6.29 Å². The highest BCUT2D eigenvalue weighted by Gasteiger charge is 2.53. The number of ether oxygens (including phenoxy) is 2. The quantitative estimate of drug-likeness (QED) is 0.786. The van der Waals surface area contributed by atoms with Crippen molar-refractivity contribution in [1.82, 2.24) is 0 Å². The monoisotopic (exact) mass is 316 g/mol. The molecule has 20 heavy (non-hydrogen) atoms. The van der Waals surface area contributed by atoms with Crippen LogP contribution in [0.5, 0.6) is 0 Å². The van der Waals surface area contributed by atoms with Gasteiger partial charge in [-0.15, -0.1) is 11.8 Å². The fourth-order valence-electron chi connectivity index (χ4n) is 2.42. The predicted octanol–water partition coefficient (Wildman–Crippen LogP) is 1.56. The lowest BCUT2D eigenvalue weighted by Crippen LogP contribution is -2.30. The lowest BCUT2D eigenvalue weighted by atomic mass is 10.2. The summed E-state index contributed by atoms with van der Waals surface area (Å²) in [5, 5.41) is -0.0924. The van der Waals surface area contributed by atoms with Crippen molar-refractivity contribution in [3.63, 3.8) is 0 Å². The zero-order chi connectivity index (χ0) is 14.3. The van der Waals surface area contributed by atoms with E-state index in [1.807, 2.05) is 6.92 Å². The Morgan fingerprint density at radius 3 is 2.60 bits per heavy atom. The van der Waals surface area contributed by atoms with Gasteiger partial charge in [-0.2, -0.15) is 8.42 Å². The topological polar surface area (TPSA) is 61.8 Å². The van der Waals surface area contributed by atoms with E-state index in [4.69, 9.17) is 13.7 Å². The molecule has 1 aromatic rings. The molecule has 0 amide bonds. The molecule has 2 aliphatic rings. The van der Waals surface area contributed by atoms with Crippen LogP contribution in [0, 0.1) is 6.92 Å². The van der Waals surface area contributed by atoms with E-state index in [-0.39, 0.29) is 16.2 Å². The van der Waals surface area contributed by atoms with E-state index in [1.165, 1.54) is 0 Å². The van der Waals surface area contributed by atoms with Gasteiger partial charge in [0.05, 0.1) is 16.2 Å². The Kier molecular flexibility index (Phi) is 3.81. The molecule has 0 aliphatic carbocycles. The summed E-state index contributed by atoms with van der Waals surface area (Å²) < 4.78 is 40.7. The molecule has 1 aromatic carbocycles. The average Bonchev–Trinajstić information content (AvgIpc) is 2.95. The third kappa shape index (κ3) is 2.48. The van der Waals surface area contributed by atoms with Gasteiger partial charge in [0.2, 0.25) is 0 Å². The molecule has 0 N–H and O–H groups in total. The van der Waals surface area contributed by atoms with Crippen LogP contribution in [0.2, 0.25) is 0 Å². The van der Waals surface area contributed by atoms with Gasteiger partial charge in [-0.1, -0.05) is 17.7 Å². The second-order valence-corrected chi connectivity index (χ2v) is 7.69. The van der Waals surface area contributed by atoms with Gasteiger partial charge < -0.3 is 9.47 Å². The van der Waals surface area contributed by atoms with Gasteiger partial charge in [-0.3, -0.25) is 4.18 Å². The third-order valence-corrected chi connectivity index (χ3v) is 6.22. The van der Waals surface area contributed by atoms with Crippen molar-refractivity contribution in [1.29, 1.82) is 0 Å². The molecule has 2 saturated heterocycles. The van der Waals surface area contributed by atoms with Crippen LogP contribution in [0.15, 0.2) is 29.2 Å². The molecule has 3 rings (SSSR count). The smallest absolute Gasteiger partial charge is 0.297 e. The van der Waals surface area contributed by atoms with E-state index < -0.39 is 22.5 Å². The van der Waals surface area contributed by atoms with Gasteiger partial charge in [-0.05, 0) is 19.1 Å². The predicted molar refractivity (Wildman–Crippen MR) is 75.2 cm³/mol. The molecule has 0 aromatic heterocycles. The fourth-order valence-corrected chi connectivity index (χ4v) is 5.04. The first kappa shape index (κ1) is 14.3. The number of hydrogen-bond donors (Lipinski definition) is 0. The summed E-state index contributed by atoms with van der Waals surface area (Å²) in [4.78, 5) is 0.174. The molecule has 0 spiro atoms. The molecule has 4 unspecified atom stereocenters. The Bertz CT molecular complexity index is 583. The van der Waals surface area contributed by atoms with Crippen LogP contribution in [0.25, 0.3) is 0 Å². The van der Waals surface area contributed by atoms with Gasteiger partial charge in [0.25, 0.3) is 10.1 Å². The van der Waals surface area contributed by atoms with Crippen molar-refractivity contribution in [2.75, 3.05) is 12.9 Å². The normalized spacial score (nSPS) is 32.7. The maximum absolute atomic E-state index is 12.3. The summed E-state index contributed by atoms with van der Waals surface area (Å²) in [7, 11) is -2.21. The van der Waals surface area contributed by atoms with Crippen molar-refractivity contribution in [2.24, 2.45) is 0 Å². The number of aryl methyl sites for hydroxylation is 1. The van der Waals surface area contributed by atoms with Gasteiger partial charge in [-0.25, -0.2) is 0 Å². The van der Waals surface area contributed by atoms with Crippen LogP contribution in [0.3, 0.4) is 0 Å². The van der Waals surface area contributed by atoms with Gasteiger partial charge >= 0.3 is 0 Å². The van der Waals surface area contributed by atoms with E-state index >= 15 is 0 Å². The first-order chi connectivity index (χ1) is 9.51. The Hall–Kier alpha value is -0.600. The second-order valence-electron chi connectivity index (χ2n) is 4.90. The molecule has 2 aliphatic heterocycles. The van der Waals surface area contributed by atoms with E-state index in [0.29, 0.717) is 0 Å². The number of methoxy groups -OCH3 is 1. The lowest BCUT2D eigenvalue weighted by Gasteiger charge is -2.19. The minimum Gasteiger partial charge on any atom is -0.355 e. The van der Waals surface area contributed by atoms with Crippen molar-refractivity contribution < 1.29 is 22.1 Å². The Morgan fingerprint density at radius 1 is 1.30 bits per heavy atom. The number of thioether (sulfide) groups is 1. The number of benzene rings is 1. The summed E-state index contributed by atoms with van der Waals surface area (Å²) >= 11 is 1.63. The van der Waals surface area contributed by atoms with E-state index in [9.17, 15) is 8.42 Å². The molecule has 2 heterocycles. The van der Waals surface area contributed by atoms with Gasteiger partial charge in [0.1, 0.15) is 6.10 Å². The highest BCUT2D eigenvalue weighted by Crippen LogP contribution is 2.43. The highest BCUT2D eigenvalue weighted by molar-refractivity contribution is 8.00. The number of rotatable bonds is 4. The Labute approximate surface area is 122 Å². The SMILES string of the molecule is COC1OC2CSC1C2OS(=O)(=O)c1ccc(C)cc1. The van der Waals surface area contributed by atoms with Crippen LogP contribution in [0.4, 0.5) is 0 Å². The molecule has 110 valence electrons. The maximum atomic E-state index is 12.3. The maximum Gasteiger partial charge on any atom is 0.297 e. The van der Waals surface area contributed by atoms with Crippen LogP contribution < -0.4 is 0 Å². The van der Waals surface area contributed by atoms with Crippen molar-refractivity contribution >= 4 is 21.9 Å². The van der Waals surface area contributed by atoms with Crippen molar-refractivity contribution in [3.8, 4) is 0 Å². The van der Waals surface area contributed by atoms with Gasteiger partial charge in [0, 0.05) is 12.9 Å². The number of fused-ring (bicyclic) bond motifs is 2. The molecule has 0 radical (unpaired) electrons. The zero-order valence-electron chi connectivity index (χ0n) is 11.2. The minimum absolute atomic E-state index is 0.0924. The highest BCUT2D eigenvalue weighted by atomic mass is 32.2. The van der Waals surface area contributed by atoms with Crippen LogP contribution in [-0.2, 0) is 23.8 Å². The molecule has 2 bridgehead atoms. The van der Waals surface area contributed by atoms with Crippen LogP contribution in [-0.4, -0.2) is 45.0 Å². The summed E-state index contributed by atoms with van der Waals surface area (Å²) in [5.41, 5.74) is 1.00. The Morgan fingerprint density at radius 2 is 2.00 bits per heavy atom. The number of hydrogen-bond acceptors (Lipinski definition) is 6. The average molecular weight is 316 g/mol. The molecular formula is C13H16O5S2. The summed E-state index contributed by atoms with van der Waals surface area (Å²) in [6, 6.07) is 6.62.